The van der Waals surface area contributed by atoms with Crippen LogP contribution in [0.2, 0.25) is 0 Å². The van der Waals surface area contributed by atoms with Crippen LogP contribution in [0.1, 0.15) is 18.9 Å². The Kier molecular flexibility index (Phi) is 4.31. The van der Waals surface area contributed by atoms with Gasteiger partial charge >= 0.3 is 5.97 Å². The fourth-order valence-corrected chi connectivity index (χ4v) is 2.05. The number of hydrogen-bond donors (Lipinski definition) is 2. The summed E-state index contributed by atoms with van der Waals surface area (Å²) in [6.07, 6.45) is 2.18. The third-order valence-electron chi connectivity index (χ3n) is 3.19. The molecule has 0 unspecified atom stereocenters. The third-order valence-corrected chi connectivity index (χ3v) is 3.19. The van der Waals surface area contributed by atoms with Gasteiger partial charge in [0.15, 0.2) is 0 Å². The summed E-state index contributed by atoms with van der Waals surface area (Å²) in [5, 5.41) is 11.9. The fraction of sp³-hybridized carbons (Fsp3) is 0.538. The molecule has 5 nitrogen and oxygen atoms in total. The van der Waals surface area contributed by atoms with E-state index in [-0.39, 0.29) is 11.7 Å². The molecule has 1 aromatic heterocycles. The molecule has 2 N–H and O–H groups in total. The molecule has 0 aromatic carbocycles. The molecule has 0 atom stereocenters. The molecule has 1 aliphatic rings. The van der Waals surface area contributed by atoms with E-state index in [1.807, 2.05) is 11.8 Å². The zero-order valence-electron chi connectivity index (χ0n) is 10.9. The van der Waals surface area contributed by atoms with Gasteiger partial charge in [0.2, 0.25) is 0 Å². The number of likely N-dealkylation sites (tertiary alicyclic amines) is 1. The molecular formula is C13H18FN3O2. The first-order valence-corrected chi connectivity index (χ1v) is 6.43. The van der Waals surface area contributed by atoms with Gasteiger partial charge in [-0.15, -0.1) is 0 Å². The van der Waals surface area contributed by atoms with E-state index in [1.165, 1.54) is 6.20 Å². The number of halogens is 1. The highest BCUT2D eigenvalue weighted by atomic mass is 19.1. The van der Waals surface area contributed by atoms with Gasteiger partial charge in [-0.1, -0.05) is 6.92 Å². The lowest BCUT2D eigenvalue weighted by Crippen LogP contribution is -2.49. The van der Waals surface area contributed by atoms with Crippen molar-refractivity contribution >= 4 is 11.8 Å². The lowest BCUT2D eigenvalue weighted by molar-refractivity contribution is -0.147. The minimum Gasteiger partial charge on any atom is -0.481 e. The lowest BCUT2D eigenvalue weighted by atomic mass is 10.00. The molecule has 0 bridgehead atoms. The van der Waals surface area contributed by atoms with Crippen molar-refractivity contribution in [2.45, 2.75) is 19.9 Å². The Morgan fingerprint density at radius 1 is 1.63 bits per heavy atom. The molecule has 0 amide bonds. The minimum absolute atomic E-state index is 0.317. The van der Waals surface area contributed by atoms with Crippen molar-refractivity contribution in [3.63, 3.8) is 0 Å². The quantitative estimate of drug-likeness (QED) is 0.819. The zero-order valence-corrected chi connectivity index (χ0v) is 10.9. The standard InChI is InChI=1S/C13H18FN3O2/c1-2-3-15-12-4-9(11(14)5-16-12)6-17-7-10(8-17)13(18)19/h4-5,10H,2-3,6-8H2,1H3,(H,15,16)(H,18,19). The second-order valence-electron chi connectivity index (χ2n) is 4.82. The molecule has 2 rings (SSSR count). The number of carbonyl (C=O) groups is 1. The summed E-state index contributed by atoms with van der Waals surface area (Å²) in [4.78, 5) is 16.6. The van der Waals surface area contributed by atoms with Crippen molar-refractivity contribution in [2.24, 2.45) is 5.92 Å². The summed E-state index contributed by atoms with van der Waals surface area (Å²) in [6, 6.07) is 1.69. The van der Waals surface area contributed by atoms with Crippen LogP contribution in [0.5, 0.6) is 0 Å². The number of rotatable bonds is 6. The van der Waals surface area contributed by atoms with E-state index in [0.29, 0.717) is 31.0 Å². The molecular weight excluding hydrogens is 249 g/mol. The largest absolute Gasteiger partial charge is 0.481 e. The predicted octanol–water partition coefficient (Wildman–Crippen LogP) is 1.56. The number of pyridine rings is 1. The molecule has 1 fully saturated rings. The number of aromatic nitrogens is 1. The Bertz CT molecular complexity index is 461. The SMILES string of the molecule is CCCNc1cc(CN2CC(C(=O)O)C2)c(F)cn1. The molecule has 0 saturated carbocycles. The van der Waals surface area contributed by atoms with Crippen LogP contribution in [-0.4, -0.2) is 40.6 Å². The lowest BCUT2D eigenvalue weighted by Gasteiger charge is -2.36. The van der Waals surface area contributed by atoms with Crippen LogP contribution in [-0.2, 0) is 11.3 Å². The summed E-state index contributed by atoms with van der Waals surface area (Å²) in [6.45, 7) is 4.23. The molecule has 1 aromatic rings. The van der Waals surface area contributed by atoms with Crippen LogP contribution in [0.15, 0.2) is 12.3 Å². The van der Waals surface area contributed by atoms with Crippen molar-refractivity contribution in [3.05, 3.63) is 23.6 Å². The summed E-state index contributed by atoms with van der Waals surface area (Å²) < 4.78 is 13.6. The van der Waals surface area contributed by atoms with Crippen LogP contribution in [0, 0.1) is 11.7 Å². The molecule has 0 radical (unpaired) electrons. The van der Waals surface area contributed by atoms with Gasteiger partial charge in [-0.05, 0) is 12.5 Å². The molecule has 1 saturated heterocycles. The average molecular weight is 267 g/mol. The monoisotopic (exact) mass is 267 g/mol. The zero-order chi connectivity index (χ0) is 13.8. The van der Waals surface area contributed by atoms with Gasteiger partial charge in [-0.2, -0.15) is 0 Å². The number of anilines is 1. The minimum atomic E-state index is -0.781. The molecule has 0 aliphatic carbocycles. The van der Waals surface area contributed by atoms with Gasteiger partial charge in [-0.25, -0.2) is 9.37 Å². The van der Waals surface area contributed by atoms with Crippen molar-refractivity contribution in [3.8, 4) is 0 Å². The molecule has 2 heterocycles. The van der Waals surface area contributed by atoms with Crippen molar-refractivity contribution in [1.82, 2.24) is 9.88 Å². The van der Waals surface area contributed by atoms with Crippen LogP contribution < -0.4 is 5.32 Å². The number of nitrogens with one attached hydrogen (secondary N) is 1. The predicted molar refractivity (Wildman–Crippen MR) is 69.4 cm³/mol. The normalized spacial score (nSPS) is 16.1. The Hall–Kier alpha value is -1.69. The van der Waals surface area contributed by atoms with Gasteiger partial charge in [0.05, 0.1) is 12.1 Å². The maximum atomic E-state index is 13.6. The third kappa shape index (κ3) is 3.41. The summed E-state index contributed by atoms with van der Waals surface area (Å²) in [5.41, 5.74) is 0.553. The number of carboxylic acid groups (broad SMARTS) is 1. The van der Waals surface area contributed by atoms with Crippen LogP contribution >= 0.6 is 0 Å². The topological polar surface area (TPSA) is 65.5 Å². The van der Waals surface area contributed by atoms with Gasteiger partial charge in [0, 0.05) is 31.7 Å². The van der Waals surface area contributed by atoms with E-state index in [0.717, 1.165) is 13.0 Å². The maximum absolute atomic E-state index is 13.6. The maximum Gasteiger partial charge on any atom is 0.309 e. The van der Waals surface area contributed by atoms with Crippen LogP contribution in [0.25, 0.3) is 0 Å². The van der Waals surface area contributed by atoms with Gasteiger partial charge in [0.1, 0.15) is 11.6 Å². The molecule has 1 aliphatic heterocycles. The first-order valence-electron chi connectivity index (χ1n) is 6.43. The second-order valence-corrected chi connectivity index (χ2v) is 4.82. The number of nitrogens with zero attached hydrogens (tertiary/aromatic N) is 2. The van der Waals surface area contributed by atoms with Crippen molar-refractivity contribution in [2.75, 3.05) is 25.0 Å². The van der Waals surface area contributed by atoms with Crippen LogP contribution in [0.4, 0.5) is 10.2 Å². The van der Waals surface area contributed by atoms with Gasteiger partial charge < -0.3 is 10.4 Å². The Morgan fingerprint density at radius 3 is 3.00 bits per heavy atom. The highest BCUT2D eigenvalue weighted by molar-refractivity contribution is 5.71. The van der Waals surface area contributed by atoms with Gasteiger partial charge in [0.25, 0.3) is 0 Å². The molecule has 0 spiro atoms. The van der Waals surface area contributed by atoms with E-state index < -0.39 is 5.97 Å². The number of carboxylic acids is 1. The van der Waals surface area contributed by atoms with E-state index >= 15 is 0 Å². The summed E-state index contributed by atoms with van der Waals surface area (Å²) >= 11 is 0. The van der Waals surface area contributed by atoms with E-state index in [2.05, 4.69) is 10.3 Å². The second kappa shape index (κ2) is 5.97. The molecule has 104 valence electrons. The Labute approximate surface area is 111 Å². The summed E-state index contributed by atoms with van der Waals surface area (Å²) in [5.74, 6) is -0.784. The van der Waals surface area contributed by atoms with Gasteiger partial charge in [-0.3, -0.25) is 9.69 Å². The number of aliphatic carboxylic acids is 1. The highest BCUT2D eigenvalue weighted by Crippen LogP contribution is 2.21. The molecule has 6 heteroatoms. The van der Waals surface area contributed by atoms with E-state index in [4.69, 9.17) is 5.11 Å². The summed E-state index contributed by atoms with van der Waals surface area (Å²) in [7, 11) is 0. The van der Waals surface area contributed by atoms with E-state index in [1.54, 1.807) is 6.07 Å². The fourth-order valence-electron chi connectivity index (χ4n) is 2.05. The first-order chi connectivity index (χ1) is 9.10. The average Bonchev–Trinajstić information content (AvgIpc) is 2.33. The van der Waals surface area contributed by atoms with Crippen molar-refractivity contribution < 1.29 is 14.3 Å². The molecule has 19 heavy (non-hydrogen) atoms. The first kappa shape index (κ1) is 13.7. The van der Waals surface area contributed by atoms with Crippen LogP contribution in [0.3, 0.4) is 0 Å². The highest BCUT2D eigenvalue weighted by Gasteiger charge is 2.32. The smallest absolute Gasteiger partial charge is 0.309 e. The van der Waals surface area contributed by atoms with Crippen molar-refractivity contribution in [1.29, 1.82) is 0 Å². The van der Waals surface area contributed by atoms with E-state index in [9.17, 15) is 9.18 Å². The Balaban J connectivity index is 1.94. The number of hydrogen-bond acceptors (Lipinski definition) is 4. The Morgan fingerprint density at radius 2 is 2.37 bits per heavy atom.